The molecule has 0 saturated heterocycles. The Labute approximate surface area is 120 Å². The fourth-order valence-corrected chi connectivity index (χ4v) is 2.99. The summed E-state index contributed by atoms with van der Waals surface area (Å²) in [6, 6.07) is 2.04. The minimum absolute atomic E-state index is 0.0662. The van der Waals surface area contributed by atoms with Crippen LogP contribution in [0, 0.1) is 12.8 Å². The van der Waals surface area contributed by atoms with Crippen molar-refractivity contribution in [2.45, 2.75) is 65.1 Å². The largest absolute Gasteiger partial charge is 0.480 e. The third-order valence-corrected chi connectivity index (χ3v) is 4.04. The Morgan fingerprint density at radius 2 is 2.15 bits per heavy atom. The molecule has 2 rings (SSSR count). The van der Waals surface area contributed by atoms with Crippen LogP contribution < -0.4 is 5.32 Å². The average Bonchev–Trinajstić information content (AvgIpc) is 2.97. The van der Waals surface area contributed by atoms with Crippen molar-refractivity contribution in [1.82, 2.24) is 15.1 Å². The molecule has 1 aromatic heterocycles. The van der Waals surface area contributed by atoms with E-state index in [1.165, 1.54) is 25.7 Å². The van der Waals surface area contributed by atoms with Crippen LogP contribution >= 0.6 is 0 Å². The summed E-state index contributed by atoms with van der Waals surface area (Å²) in [6.45, 7) is 6.40. The van der Waals surface area contributed by atoms with Gasteiger partial charge in [-0.25, -0.2) is 0 Å². The van der Waals surface area contributed by atoms with Gasteiger partial charge in [0.1, 0.15) is 6.04 Å². The highest BCUT2D eigenvalue weighted by molar-refractivity contribution is 5.73. The molecule has 1 fully saturated rings. The Kier molecular flexibility index (Phi) is 4.81. The topological polar surface area (TPSA) is 67.2 Å². The van der Waals surface area contributed by atoms with Gasteiger partial charge in [-0.05, 0) is 31.7 Å². The Hall–Kier alpha value is -1.36. The minimum atomic E-state index is -0.788. The smallest absolute Gasteiger partial charge is 0.320 e. The lowest BCUT2D eigenvalue weighted by atomic mass is 10.0. The number of nitrogens with one attached hydrogen (secondary N) is 1. The molecule has 1 saturated carbocycles. The molecular formula is C15H25N3O2. The zero-order chi connectivity index (χ0) is 14.7. The molecule has 5 heteroatoms. The van der Waals surface area contributed by atoms with Crippen LogP contribution in [-0.2, 0) is 11.3 Å². The lowest BCUT2D eigenvalue weighted by Gasteiger charge is -2.19. The summed E-state index contributed by atoms with van der Waals surface area (Å²) >= 11 is 0. The SMILES string of the molecule is Cc1cc(CN[C@@H](C(=O)O)C(C)C)n(C2CCCC2)n1. The first-order valence-corrected chi connectivity index (χ1v) is 7.50. The van der Waals surface area contributed by atoms with E-state index in [1.807, 2.05) is 20.8 Å². The van der Waals surface area contributed by atoms with Gasteiger partial charge >= 0.3 is 5.97 Å². The van der Waals surface area contributed by atoms with Gasteiger partial charge in [-0.2, -0.15) is 5.10 Å². The quantitative estimate of drug-likeness (QED) is 0.839. The van der Waals surface area contributed by atoms with Crippen LogP contribution in [0.3, 0.4) is 0 Å². The van der Waals surface area contributed by atoms with E-state index < -0.39 is 12.0 Å². The van der Waals surface area contributed by atoms with Crippen LogP contribution in [0.5, 0.6) is 0 Å². The maximum absolute atomic E-state index is 11.2. The van der Waals surface area contributed by atoms with Crippen molar-refractivity contribution in [2.75, 3.05) is 0 Å². The predicted octanol–water partition coefficient (Wildman–Crippen LogP) is 2.51. The fraction of sp³-hybridized carbons (Fsp3) is 0.733. The number of carboxylic acid groups (broad SMARTS) is 1. The van der Waals surface area contributed by atoms with Gasteiger partial charge in [0, 0.05) is 6.54 Å². The van der Waals surface area contributed by atoms with Gasteiger partial charge in [-0.3, -0.25) is 14.8 Å². The molecule has 1 aliphatic rings. The van der Waals surface area contributed by atoms with Crippen LogP contribution in [0.2, 0.25) is 0 Å². The van der Waals surface area contributed by atoms with Crippen molar-refractivity contribution in [1.29, 1.82) is 0 Å². The highest BCUT2D eigenvalue weighted by Crippen LogP contribution is 2.30. The van der Waals surface area contributed by atoms with E-state index in [9.17, 15) is 9.90 Å². The van der Waals surface area contributed by atoms with E-state index in [1.54, 1.807) is 0 Å². The molecule has 0 aromatic carbocycles. The summed E-state index contributed by atoms with van der Waals surface area (Å²) in [6.07, 6.45) is 4.89. The van der Waals surface area contributed by atoms with Crippen LogP contribution in [-0.4, -0.2) is 26.9 Å². The molecule has 20 heavy (non-hydrogen) atoms. The van der Waals surface area contributed by atoms with Crippen molar-refractivity contribution in [2.24, 2.45) is 5.92 Å². The van der Waals surface area contributed by atoms with Crippen LogP contribution in [0.25, 0.3) is 0 Å². The standard InChI is InChI=1S/C15H25N3O2/c1-10(2)14(15(19)20)16-9-13-8-11(3)17-18(13)12-6-4-5-7-12/h8,10,12,14,16H,4-7,9H2,1-3H3,(H,19,20)/t14-/m1/s1. The van der Waals surface area contributed by atoms with E-state index in [2.05, 4.69) is 21.2 Å². The molecule has 0 aliphatic heterocycles. The second-order valence-electron chi connectivity index (χ2n) is 6.10. The highest BCUT2D eigenvalue weighted by Gasteiger charge is 2.23. The number of carboxylic acids is 1. The number of nitrogens with zero attached hydrogens (tertiary/aromatic N) is 2. The molecule has 1 aromatic rings. The fourth-order valence-electron chi connectivity index (χ4n) is 2.99. The van der Waals surface area contributed by atoms with Gasteiger partial charge in [0.2, 0.25) is 0 Å². The molecule has 1 aliphatic carbocycles. The lowest BCUT2D eigenvalue weighted by Crippen LogP contribution is -2.40. The molecule has 0 radical (unpaired) electrons. The first kappa shape index (κ1) is 15.0. The van der Waals surface area contributed by atoms with E-state index in [4.69, 9.17) is 0 Å². The first-order valence-electron chi connectivity index (χ1n) is 7.50. The third kappa shape index (κ3) is 3.39. The van der Waals surface area contributed by atoms with Crippen molar-refractivity contribution in [3.05, 3.63) is 17.5 Å². The van der Waals surface area contributed by atoms with Crippen LogP contribution in [0.4, 0.5) is 0 Å². The molecule has 0 spiro atoms. The second-order valence-corrected chi connectivity index (χ2v) is 6.10. The molecule has 0 amide bonds. The van der Waals surface area contributed by atoms with Gasteiger partial charge in [-0.1, -0.05) is 26.7 Å². The maximum atomic E-state index is 11.2. The summed E-state index contributed by atoms with van der Waals surface area (Å²) in [4.78, 5) is 11.2. The number of hydrogen-bond donors (Lipinski definition) is 2. The van der Waals surface area contributed by atoms with E-state index in [0.29, 0.717) is 12.6 Å². The summed E-state index contributed by atoms with van der Waals surface area (Å²) < 4.78 is 2.11. The van der Waals surface area contributed by atoms with Gasteiger partial charge < -0.3 is 5.11 Å². The summed E-state index contributed by atoms with van der Waals surface area (Å²) in [5, 5.41) is 17.0. The normalized spacial score (nSPS) is 17.8. The van der Waals surface area contributed by atoms with Gasteiger partial charge in [0.25, 0.3) is 0 Å². The lowest BCUT2D eigenvalue weighted by molar-refractivity contribution is -0.140. The summed E-state index contributed by atoms with van der Waals surface area (Å²) in [5.41, 5.74) is 2.10. The number of hydrogen-bond acceptors (Lipinski definition) is 3. The molecule has 5 nitrogen and oxygen atoms in total. The van der Waals surface area contributed by atoms with Gasteiger partial charge in [-0.15, -0.1) is 0 Å². The Balaban J connectivity index is 2.07. The number of aliphatic carboxylic acids is 1. The Morgan fingerprint density at radius 1 is 1.50 bits per heavy atom. The summed E-state index contributed by atoms with van der Waals surface area (Å²) in [7, 11) is 0. The molecule has 2 N–H and O–H groups in total. The molecular weight excluding hydrogens is 254 g/mol. The average molecular weight is 279 g/mol. The third-order valence-electron chi connectivity index (χ3n) is 4.04. The first-order chi connectivity index (χ1) is 9.49. The predicted molar refractivity (Wildman–Crippen MR) is 77.6 cm³/mol. The van der Waals surface area contributed by atoms with Crippen LogP contribution in [0.15, 0.2) is 6.07 Å². The van der Waals surface area contributed by atoms with Gasteiger partial charge in [0.05, 0.1) is 17.4 Å². The molecule has 0 bridgehead atoms. The van der Waals surface area contributed by atoms with E-state index >= 15 is 0 Å². The number of aryl methyl sites for hydroxylation is 1. The van der Waals surface area contributed by atoms with E-state index in [-0.39, 0.29) is 5.92 Å². The highest BCUT2D eigenvalue weighted by atomic mass is 16.4. The zero-order valence-electron chi connectivity index (χ0n) is 12.6. The van der Waals surface area contributed by atoms with E-state index in [0.717, 1.165) is 11.4 Å². The second kappa shape index (κ2) is 6.39. The Morgan fingerprint density at radius 3 is 2.70 bits per heavy atom. The van der Waals surface area contributed by atoms with Gasteiger partial charge in [0.15, 0.2) is 0 Å². The van der Waals surface area contributed by atoms with Crippen LogP contribution in [0.1, 0.15) is 57.0 Å². The summed E-state index contributed by atoms with van der Waals surface area (Å²) in [5.74, 6) is -0.722. The molecule has 112 valence electrons. The number of carbonyl (C=O) groups is 1. The molecule has 0 unspecified atom stereocenters. The number of rotatable bonds is 6. The van der Waals surface area contributed by atoms with Crippen molar-refractivity contribution < 1.29 is 9.90 Å². The monoisotopic (exact) mass is 279 g/mol. The number of aromatic nitrogens is 2. The minimum Gasteiger partial charge on any atom is -0.480 e. The molecule has 1 heterocycles. The Bertz CT molecular complexity index is 462. The molecule has 1 atom stereocenters. The van der Waals surface area contributed by atoms with Crippen molar-refractivity contribution in [3.8, 4) is 0 Å². The van der Waals surface area contributed by atoms with Crippen molar-refractivity contribution in [3.63, 3.8) is 0 Å². The maximum Gasteiger partial charge on any atom is 0.320 e. The van der Waals surface area contributed by atoms with Crippen molar-refractivity contribution >= 4 is 5.97 Å². The zero-order valence-corrected chi connectivity index (χ0v) is 12.6.